The summed E-state index contributed by atoms with van der Waals surface area (Å²) in [5.74, 6) is -1.70. The Morgan fingerprint density at radius 2 is 1.74 bits per heavy atom. The molecule has 100 valence electrons. The first kappa shape index (κ1) is 13.7. The maximum absolute atomic E-state index is 13.2. The molecule has 0 fully saturated rings. The zero-order chi connectivity index (χ0) is 14.0. The molecule has 0 saturated carbocycles. The first-order valence-electron chi connectivity index (χ1n) is 6.24. The second-order valence-corrected chi connectivity index (χ2v) is 4.91. The summed E-state index contributed by atoms with van der Waals surface area (Å²) in [6.45, 7) is 4.06. The molecule has 0 spiro atoms. The lowest BCUT2D eigenvalue weighted by Crippen LogP contribution is -2.14. The minimum atomic E-state index is -0.853. The fraction of sp³-hybridized carbons (Fsp3) is 0.250. The Kier molecular flexibility index (Phi) is 3.96. The molecular formula is C16H17F2N. The van der Waals surface area contributed by atoms with Gasteiger partial charge in [0.15, 0.2) is 11.6 Å². The third-order valence-electron chi connectivity index (χ3n) is 3.31. The van der Waals surface area contributed by atoms with Gasteiger partial charge in [0.2, 0.25) is 0 Å². The third kappa shape index (κ3) is 3.18. The second kappa shape index (κ2) is 5.49. The summed E-state index contributed by atoms with van der Waals surface area (Å²) in [4.78, 5) is 0. The highest BCUT2D eigenvalue weighted by atomic mass is 19.2. The molecule has 1 nitrogen and oxygen atoms in total. The standard InChI is InChI=1S/C16H17F2N/c1-10-3-4-12(11(2)7-10)9-16(19)13-5-6-14(17)15(18)8-13/h3-8,16H,9,19H2,1-2H3. The van der Waals surface area contributed by atoms with Crippen LogP contribution in [0.25, 0.3) is 0 Å². The number of rotatable bonds is 3. The lowest BCUT2D eigenvalue weighted by atomic mass is 9.95. The quantitative estimate of drug-likeness (QED) is 0.893. The van der Waals surface area contributed by atoms with Crippen LogP contribution in [0.1, 0.15) is 28.3 Å². The van der Waals surface area contributed by atoms with Crippen molar-refractivity contribution in [3.8, 4) is 0 Å². The van der Waals surface area contributed by atoms with Crippen LogP contribution in [-0.4, -0.2) is 0 Å². The van der Waals surface area contributed by atoms with Crippen LogP contribution in [0, 0.1) is 25.5 Å². The van der Waals surface area contributed by atoms with Gasteiger partial charge in [-0.2, -0.15) is 0 Å². The molecule has 1 unspecified atom stereocenters. The summed E-state index contributed by atoms with van der Waals surface area (Å²) in [6.07, 6.45) is 0.608. The van der Waals surface area contributed by atoms with Crippen molar-refractivity contribution < 1.29 is 8.78 Å². The minimum absolute atomic E-state index is 0.337. The van der Waals surface area contributed by atoms with E-state index >= 15 is 0 Å². The average Bonchev–Trinajstić information content (AvgIpc) is 2.36. The zero-order valence-corrected chi connectivity index (χ0v) is 11.1. The van der Waals surface area contributed by atoms with Gasteiger partial charge in [0.25, 0.3) is 0 Å². The average molecular weight is 261 g/mol. The molecule has 19 heavy (non-hydrogen) atoms. The van der Waals surface area contributed by atoms with E-state index in [4.69, 9.17) is 5.73 Å². The van der Waals surface area contributed by atoms with E-state index in [1.54, 1.807) is 0 Å². The van der Waals surface area contributed by atoms with Gasteiger partial charge >= 0.3 is 0 Å². The van der Waals surface area contributed by atoms with Crippen molar-refractivity contribution in [1.82, 2.24) is 0 Å². The van der Waals surface area contributed by atoms with Crippen LogP contribution in [0.15, 0.2) is 36.4 Å². The first-order valence-corrected chi connectivity index (χ1v) is 6.24. The molecule has 0 saturated heterocycles. The molecule has 0 bridgehead atoms. The molecule has 0 aromatic heterocycles. The smallest absolute Gasteiger partial charge is 0.159 e. The Balaban J connectivity index is 2.20. The fourth-order valence-electron chi connectivity index (χ4n) is 2.17. The highest BCUT2D eigenvalue weighted by Gasteiger charge is 2.11. The van der Waals surface area contributed by atoms with Crippen molar-refractivity contribution in [2.75, 3.05) is 0 Å². The Morgan fingerprint density at radius 1 is 1.00 bits per heavy atom. The van der Waals surface area contributed by atoms with E-state index in [-0.39, 0.29) is 6.04 Å². The lowest BCUT2D eigenvalue weighted by molar-refractivity contribution is 0.505. The SMILES string of the molecule is Cc1ccc(CC(N)c2ccc(F)c(F)c2)c(C)c1. The van der Waals surface area contributed by atoms with Crippen molar-refractivity contribution in [3.63, 3.8) is 0 Å². The molecule has 3 heteroatoms. The lowest BCUT2D eigenvalue weighted by Gasteiger charge is -2.14. The minimum Gasteiger partial charge on any atom is -0.324 e. The fourth-order valence-corrected chi connectivity index (χ4v) is 2.17. The Hall–Kier alpha value is -1.74. The monoisotopic (exact) mass is 261 g/mol. The van der Waals surface area contributed by atoms with E-state index < -0.39 is 11.6 Å². The van der Waals surface area contributed by atoms with Crippen LogP contribution in [0.3, 0.4) is 0 Å². The van der Waals surface area contributed by atoms with Crippen molar-refractivity contribution >= 4 is 0 Å². The molecule has 2 N–H and O–H groups in total. The highest BCUT2D eigenvalue weighted by Crippen LogP contribution is 2.21. The van der Waals surface area contributed by atoms with Gasteiger partial charge in [0.1, 0.15) is 0 Å². The van der Waals surface area contributed by atoms with Crippen LogP contribution in [0.2, 0.25) is 0 Å². The zero-order valence-electron chi connectivity index (χ0n) is 11.1. The third-order valence-corrected chi connectivity index (χ3v) is 3.31. The summed E-state index contributed by atoms with van der Waals surface area (Å²) >= 11 is 0. The van der Waals surface area contributed by atoms with Gasteiger partial charge in [-0.1, -0.05) is 29.8 Å². The predicted molar refractivity (Wildman–Crippen MR) is 72.9 cm³/mol. The number of hydrogen-bond donors (Lipinski definition) is 1. The van der Waals surface area contributed by atoms with Gasteiger partial charge in [-0.3, -0.25) is 0 Å². The van der Waals surface area contributed by atoms with E-state index in [2.05, 4.69) is 6.07 Å². The molecule has 0 heterocycles. The van der Waals surface area contributed by atoms with Gasteiger partial charge in [0.05, 0.1) is 0 Å². The van der Waals surface area contributed by atoms with Crippen LogP contribution >= 0.6 is 0 Å². The van der Waals surface area contributed by atoms with Gasteiger partial charge in [-0.15, -0.1) is 0 Å². The van der Waals surface area contributed by atoms with Crippen LogP contribution in [-0.2, 0) is 6.42 Å². The topological polar surface area (TPSA) is 26.0 Å². The second-order valence-electron chi connectivity index (χ2n) is 4.91. The largest absolute Gasteiger partial charge is 0.324 e. The molecule has 1 atom stereocenters. The molecule has 0 amide bonds. The summed E-state index contributed by atoms with van der Waals surface area (Å²) < 4.78 is 26.1. The van der Waals surface area contributed by atoms with E-state index in [0.29, 0.717) is 12.0 Å². The summed E-state index contributed by atoms with van der Waals surface area (Å²) in [7, 11) is 0. The van der Waals surface area contributed by atoms with Crippen molar-refractivity contribution in [2.24, 2.45) is 5.73 Å². The van der Waals surface area contributed by atoms with Gasteiger partial charge in [-0.25, -0.2) is 8.78 Å². The highest BCUT2D eigenvalue weighted by molar-refractivity contribution is 5.32. The predicted octanol–water partition coefficient (Wildman–Crippen LogP) is 3.82. The number of hydrogen-bond acceptors (Lipinski definition) is 1. The number of aryl methyl sites for hydroxylation is 2. The van der Waals surface area contributed by atoms with Crippen LogP contribution < -0.4 is 5.73 Å². The summed E-state index contributed by atoms with van der Waals surface area (Å²) in [5.41, 5.74) is 10.2. The van der Waals surface area contributed by atoms with Crippen LogP contribution in [0.5, 0.6) is 0 Å². The van der Waals surface area contributed by atoms with Gasteiger partial charge < -0.3 is 5.73 Å². The molecule has 0 radical (unpaired) electrons. The Morgan fingerprint density at radius 3 is 2.37 bits per heavy atom. The van der Waals surface area contributed by atoms with Crippen molar-refractivity contribution in [1.29, 1.82) is 0 Å². The van der Waals surface area contributed by atoms with Crippen molar-refractivity contribution in [2.45, 2.75) is 26.3 Å². The maximum Gasteiger partial charge on any atom is 0.159 e. The van der Waals surface area contributed by atoms with E-state index in [1.807, 2.05) is 26.0 Å². The Bertz CT molecular complexity index is 593. The molecule has 0 aliphatic rings. The molecular weight excluding hydrogens is 244 g/mol. The summed E-state index contributed by atoms with van der Waals surface area (Å²) in [6, 6.07) is 9.64. The van der Waals surface area contributed by atoms with E-state index in [0.717, 1.165) is 17.2 Å². The first-order chi connectivity index (χ1) is 8.97. The van der Waals surface area contributed by atoms with Gasteiger partial charge in [-0.05, 0) is 49.1 Å². The molecule has 2 aromatic carbocycles. The summed E-state index contributed by atoms with van der Waals surface area (Å²) in [5, 5.41) is 0. The molecule has 0 aliphatic heterocycles. The maximum atomic E-state index is 13.2. The van der Waals surface area contributed by atoms with Crippen LogP contribution in [0.4, 0.5) is 8.78 Å². The molecule has 2 aromatic rings. The number of halogens is 2. The van der Waals surface area contributed by atoms with Crippen molar-refractivity contribution in [3.05, 3.63) is 70.3 Å². The normalized spacial score (nSPS) is 12.5. The van der Waals surface area contributed by atoms with E-state index in [9.17, 15) is 8.78 Å². The van der Waals surface area contributed by atoms with E-state index in [1.165, 1.54) is 17.7 Å². The number of nitrogens with two attached hydrogens (primary N) is 1. The van der Waals surface area contributed by atoms with Gasteiger partial charge in [0, 0.05) is 6.04 Å². The molecule has 0 aliphatic carbocycles. The number of benzene rings is 2. The molecule has 2 rings (SSSR count). The Labute approximate surface area is 112 Å².